The summed E-state index contributed by atoms with van der Waals surface area (Å²) in [5, 5.41) is 18.8. The van der Waals surface area contributed by atoms with E-state index in [0.717, 1.165) is 0 Å². The molecule has 0 radical (unpaired) electrons. The molecule has 0 spiro atoms. The lowest BCUT2D eigenvalue weighted by Crippen LogP contribution is -2.66. The highest BCUT2D eigenvalue weighted by Crippen LogP contribution is 2.44. The van der Waals surface area contributed by atoms with Gasteiger partial charge in [-0.2, -0.15) is 0 Å². The maximum absolute atomic E-state index is 4.89. The number of rotatable bonds is 81. The molecule has 2 aliphatic rings. The van der Waals surface area contributed by atoms with E-state index >= 15 is 0 Å². The summed E-state index contributed by atoms with van der Waals surface area (Å²) >= 11 is 0. The minimum atomic E-state index is 0.291. The van der Waals surface area contributed by atoms with Gasteiger partial charge in [0.1, 0.15) is 0 Å². The second-order valence-electron chi connectivity index (χ2n) is 35.7. The zero-order chi connectivity index (χ0) is 72.0. The van der Waals surface area contributed by atoms with Gasteiger partial charge in [0.15, 0.2) is 0 Å². The quantitative estimate of drug-likeness (QED) is 0.0459. The molecule has 0 aromatic carbocycles. The van der Waals surface area contributed by atoms with Crippen molar-refractivity contribution in [1.29, 1.82) is 0 Å². The highest BCUT2D eigenvalue weighted by Gasteiger charge is 2.48. The summed E-state index contributed by atoms with van der Waals surface area (Å²) in [5.74, 6) is 0. The molecule has 0 bridgehead atoms. The van der Waals surface area contributed by atoms with Gasteiger partial charge in [-0.15, -0.1) is 0 Å². The largest absolute Gasteiger partial charge is 0.314 e. The van der Waals surface area contributed by atoms with Crippen molar-refractivity contribution in [3.05, 3.63) is 0 Å². The van der Waals surface area contributed by atoms with Gasteiger partial charge in [0, 0.05) is 34.2 Å². The van der Waals surface area contributed by atoms with Gasteiger partial charge in [0.2, 0.25) is 0 Å². The number of hydrogen-bond donors (Lipinski definition) is 4. The molecule has 4 N–H and O–H groups in total. The third kappa shape index (κ3) is 53.6. The standard InChI is InChI=1S/C96H194N4/c1-9-17-25-33-41-49-57-67-77-93(78-68-58-50-42-34-26-18-10-2)87-91(88-94(99-93,79-69-59-51-43-35-27-19-11-3)80-70-60-52-44-36-28-20-12-4)97-85-75-65-66-76-86-98-92-89-95(81-71-61-53-45-37-29-21-13-5,82-72-62-54-46-38-30-22-14-6)100-96(90-92,83-73-63-55-47-39-31-23-15-7)84-74-64-56-48-40-32-24-16-8/h91-92,97-100H,9-90H2,1-8H3. The maximum Gasteiger partial charge on any atom is 0.0201 e. The fraction of sp³-hybridized carbons (Fsp3) is 1.00. The van der Waals surface area contributed by atoms with Crippen LogP contribution in [0.3, 0.4) is 0 Å². The van der Waals surface area contributed by atoms with Gasteiger partial charge in [-0.05, 0) is 103 Å². The smallest absolute Gasteiger partial charge is 0.0201 e. The topological polar surface area (TPSA) is 48.1 Å². The first-order valence-electron chi connectivity index (χ1n) is 48.3. The molecule has 4 heteroatoms. The zero-order valence-electron chi connectivity index (χ0n) is 71.1. The van der Waals surface area contributed by atoms with Crippen molar-refractivity contribution in [2.24, 2.45) is 0 Å². The minimum absolute atomic E-state index is 0.291. The van der Waals surface area contributed by atoms with Crippen LogP contribution < -0.4 is 21.3 Å². The molecule has 0 amide bonds. The average molecular weight is 1400 g/mol. The second-order valence-corrected chi connectivity index (χ2v) is 35.7. The third-order valence-electron chi connectivity index (χ3n) is 25.6. The van der Waals surface area contributed by atoms with Gasteiger partial charge in [-0.1, -0.05) is 479 Å². The predicted molar refractivity (Wildman–Crippen MR) is 456 cm³/mol. The molecule has 100 heavy (non-hydrogen) atoms. The first-order chi connectivity index (χ1) is 49.3. The normalized spacial score (nSPS) is 16.2. The first kappa shape index (κ1) is 95.9. The lowest BCUT2D eigenvalue weighted by molar-refractivity contribution is 0.0633. The number of nitrogens with one attached hydrogen (secondary N) is 4. The fourth-order valence-corrected chi connectivity index (χ4v) is 19.5. The van der Waals surface area contributed by atoms with Gasteiger partial charge in [-0.25, -0.2) is 0 Å². The maximum atomic E-state index is 4.89. The van der Waals surface area contributed by atoms with Gasteiger partial charge < -0.3 is 21.3 Å². The lowest BCUT2D eigenvalue weighted by Gasteiger charge is -2.54. The van der Waals surface area contributed by atoms with Crippen LogP contribution in [0.15, 0.2) is 0 Å². The predicted octanol–water partition coefficient (Wildman–Crippen LogP) is 32.4. The molecular weight excluding hydrogens is 1210 g/mol. The molecular formula is C96H194N4. The summed E-state index contributed by atoms with van der Waals surface area (Å²) in [6, 6.07) is 1.31. The molecule has 0 unspecified atom stereocenters. The molecule has 0 aliphatic carbocycles. The Bertz CT molecular complexity index is 1310. The molecule has 598 valence electrons. The molecule has 2 fully saturated rings. The van der Waals surface area contributed by atoms with Gasteiger partial charge >= 0.3 is 0 Å². The Hall–Kier alpha value is -0.160. The van der Waals surface area contributed by atoms with E-state index in [-0.39, 0.29) is 0 Å². The second kappa shape index (κ2) is 70.5. The zero-order valence-corrected chi connectivity index (χ0v) is 71.1. The van der Waals surface area contributed by atoms with Crippen LogP contribution in [-0.2, 0) is 0 Å². The van der Waals surface area contributed by atoms with Crippen LogP contribution >= 0.6 is 0 Å². The van der Waals surface area contributed by atoms with Crippen LogP contribution in [0.2, 0.25) is 0 Å². The minimum Gasteiger partial charge on any atom is -0.314 e. The summed E-state index contributed by atoms with van der Waals surface area (Å²) in [7, 11) is 0. The fourth-order valence-electron chi connectivity index (χ4n) is 19.5. The van der Waals surface area contributed by atoms with E-state index < -0.39 is 0 Å². The first-order valence-corrected chi connectivity index (χ1v) is 48.3. The number of unbranched alkanes of at least 4 members (excludes halogenated alkanes) is 59. The van der Waals surface area contributed by atoms with Gasteiger partial charge in [-0.3, -0.25) is 0 Å². The Morgan fingerprint density at radius 3 is 0.430 bits per heavy atom. The van der Waals surface area contributed by atoms with E-state index in [0.29, 0.717) is 34.2 Å². The molecule has 2 heterocycles. The van der Waals surface area contributed by atoms with Crippen LogP contribution in [0.5, 0.6) is 0 Å². The summed E-state index contributed by atoms with van der Waals surface area (Å²) in [5.41, 5.74) is 1.17. The molecule has 0 aromatic rings. The summed E-state index contributed by atoms with van der Waals surface area (Å²) in [4.78, 5) is 0. The molecule has 4 nitrogen and oxygen atoms in total. The van der Waals surface area contributed by atoms with Crippen LogP contribution in [0, 0.1) is 0 Å². The van der Waals surface area contributed by atoms with Crippen LogP contribution in [0.25, 0.3) is 0 Å². The summed E-state index contributed by atoms with van der Waals surface area (Å²) in [6.45, 7) is 21.4. The van der Waals surface area contributed by atoms with Crippen molar-refractivity contribution >= 4 is 0 Å². The molecule has 0 saturated carbocycles. The van der Waals surface area contributed by atoms with E-state index in [2.05, 4.69) is 66.0 Å². The molecule has 0 aromatic heterocycles. The van der Waals surface area contributed by atoms with E-state index in [4.69, 9.17) is 10.6 Å². The number of hydrogen-bond acceptors (Lipinski definition) is 4. The van der Waals surface area contributed by atoms with Gasteiger partial charge in [0.25, 0.3) is 0 Å². The molecule has 2 aliphatic heterocycles. The summed E-state index contributed by atoms with van der Waals surface area (Å²) < 4.78 is 0. The highest BCUT2D eigenvalue weighted by atomic mass is 15.1. The third-order valence-corrected chi connectivity index (χ3v) is 25.6. The van der Waals surface area contributed by atoms with Crippen molar-refractivity contribution in [2.75, 3.05) is 13.1 Å². The number of piperidine rings is 2. The van der Waals surface area contributed by atoms with E-state index in [1.165, 1.54) is 527 Å². The molecule has 2 saturated heterocycles. The van der Waals surface area contributed by atoms with Crippen molar-refractivity contribution in [2.45, 2.75) is 603 Å². The molecule has 0 atom stereocenters. The average Bonchev–Trinajstić information content (AvgIpc) is 0.784. The van der Waals surface area contributed by atoms with Crippen molar-refractivity contribution in [3.8, 4) is 0 Å². The SMILES string of the molecule is CCCCCCCCCCC1(CCCCCCCCCC)CC(NCCCCCCNC2CC(CCCCCCCCCC)(CCCCCCCCCC)NC(CCCCCCCCCC)(CCCCCCCCCC)C2)CC(CCCCCCCCCC)(CCCCCCCCCC)N1. The Balaban J connectivity index is 2.42. The highest BCUT2D eigenvalue weighted by molar-refractivity contribution is 5.09. The van der Waals surface area contributed by atoms with E-state index in [1.54, 1.807) is 0 Å². The summed E-state index contributed by atoms with van der Waals surface area (Å²) in [6.07, 6.45) is 114. The van der Waals surface area contributed by atoms with Crippen LogP contribution in [0.4, 0.5) is 0 Å². The Labute approximate surface area is 634 Å². The van der Waals surface area contributed by atoms with E-state index in [9.17, 15) is 0 Å². The van der Waals surface area contributed by atoms with Gasteiger partial charge in [0.05, 0.1) is 0 Å². The van der Waals surface area contributed by atoms with Crippen molar-refractivity contribution in [3.63, 3.8) is 0 Å². The Morgan fingerprint density at radius 2 is 0.290 bits per heavy atom. The van der Waals surface area contributed by atoms with Crippen molar-refractivity contribution < 1.29 is 0 Å². The van der Waals surface area contributed by atoms with Crippen molar-refractivity contribution in [1.82, 2.24) is 21.3 Å². The van der Waals surface area contributed by atoms with Crippen LogP contribution in [0.1, 0.15) is 569 Å². The lowest BCUT2D eigenvalue weighted by atomic mass is 9.68. The monoisotopic (exact) mass is 1400 g/mol. The van der Waals surface area contributed by atoms with E-state index in [1.807, 2.05) is 0 Å². The Morgan fingerprint density at radius 1 is 0.170 bits per heavy atom. The van der Waals surface area contributed by atoms with Crippen LogP contribution in [-0.4, -0.2) is 47.3 Å². The Kier molecular flexibility index (Phi) is 67.6. The molecule has 2 rings (SSSR count).